The lowest BCUT2D eigenvalue weighted by molar-refractivity contribution is 1.01. The number of nitrogens with zero attached hydrogens (tertiary/aromatic N) is 2. The molecule has 1 heterocycles. The minimum Gasteiger partial charge on any atom is -0.290 e. The van der Waals surface area contributed by atoms with Crippen molar-refractivity contribution in [2.45, 2.75) is 0 Å². The standard InChI is InChI=1S/C10H6Cl2N4O2/c11-6-2-1-5(3-7(6)12)15-16-8-4-9(17)14-10(18)13-8/h1-4H,(H2,13,14,17,18). The number of aromatic amines is 2. The number of azo groups is 1. The van der Waals surface area contributed by atoms with Crippen LogP contribution in [0.5, 0.6) is 0 Å². The lowest BCUT2D eigenvalue weighted by Gasteiger charge is -1.96. The van der Waals surface area contributed by atoms with Crippen molar-refractivity contribution in [1.82, 2.24) is 9.97 Å². The first kappa shape index (κ1) is 12.5. The molecule has 0 fully saturated rings. The molecule has 0 saturated carbocycles. The van der Waals surface area contributed by atoms with Crippen molar-refractivity contribution >= 4 is 34.7 Å². The summed E-state index contributed by atoms with van der Waals surface area (Å²) in [5.41, 5.74) is -0.752. The summed E-state index contributed by atoms with van der Waals surface area (Å²) >= 11 is 11.5. The van der Waals surface area contributed by atoms with E-state index in [9.17, 15) is 9.59 Å². The number of H-pyrrole nitrogens is 2. The maximum atomic E-state index is 11.0. The van der Waals surface area contributed by atoms with Crippen LogP contribution in [0.3, 0.4) is 0 Å². The first-order valence-corrected chi connectivity index (χ1v) is 5.50. The van der Waals surface area contributed by atoms with Crippen molar-refractivity contribution in [2.24, 2.45) is 10.2 Å². The monoisotopic (exact) mass is 284 g/mol. The molecule has 0 atom stereocenters. The smallest absolute Gasteiger partial charge is 0.290 e. The number of hydrogen-bond donors (Lipinski definition) is 2. The van der Waals surface area contributed by atoms with Crippen molar-refractivity contribution < 1.29 is 0 Å². The third-order valence-corrected chi connectivity index (χ3v) is 2.66. The van der Waals surface area contributed by atoms with Crippen LogP contribution >= 0.6 is 23.2 Å². The molecule has 0 saturated heterocycles. The first-order chi connectivity index (χ1) is 8.54. The number of rotatable bonds is 2. The predicted molar refractivity (Wildman–Crippen MR) is 68.3 cm³/mol. The second-order valence-electron chi connectivity index (χ2n) is 3.27. The fourth-order valence-electron chi connectivity index (χ4n) is 1.17. The molecule has 0 unspecified atom stereocenters. The molecule has 18 heavy (non-hydrogen) atoms. The number of nitrogens with one attached hydrogen (secondary N) is 2. The Kier molecular flexibility index (Phi) is 3.59. The van der Waals surface area contributed by atoms with Crippen LogP contribution in [0.2, 0.25) is 10.0 Å². The Morgan fingerprint density at radius 3 is 2.39 bits per heavy atom. The van der Waals surface area contributed by atoms with Crippen molar-refractivity contribution in [3.05, 3.63) is 55.1 Å². The summed E-state index contributed by atoms with van der Waals surface area (Å²) < 4.78 is 0. The Hall–Kier alpha value is -1.92. The van der Waals surface area contributed by atoms with E-state index < -0.39 is 11.2 Å². The van der Waals surface area contributed by atoms with E-state index in [0.29, 0.717) is 15.7 Å². The second kappa shape index (κ2) is 5.16. The summed E-state index contributed by atoms with van der Waals surface area (Å²) in [6.45, 7) is 0. The van der Waals surface area contributed by atoms with E-state index in [1.807, 2.05) is 4.98 Å². The van der Waals surface area contributed by atoms with Gasteiger partial charge in [0.15, 0.2) is 5.82 Å². The number of halogens is 2. The van der Waals surface area contributed by atoms with Crippen LogP contribution in [0.1, 0.15) is 0 Å². The third-order valence-electron chi connectivity index (χ3n) is 1.92. The van der Waals surface area contributed by atoms with Gasteiger partial charge in [-0.05, 0) is 18.2 Å². The molecular weight excluding hydrogens is 279 g/mol. The molecule has 1 aromatic carbocycles. The van der Waals surface area contributed by atoms with E-state index >= 15 is 0 Å². The fraction of sp³-hybridized carbons (Fsp3) is 0. The minimum atomic E-state index is -0.648. The average molecular weight is 285 g/mol. The first-order valence-electron chi connectivity index (χ1n) is 4.75. The maximum absolute atomic E-state index is 11.0. The Bertz CT molecular complexity index is 692. The van der Waals surface area contributed by atoms with Crippen LogP contribution in [0.15, 0.2) is 44.1 Å². The third kappa shape index (κ3) is 3.06. The Morgan fingerprint density at radius 2 is 1.72 bits per heavy atom. The minimum absolute atomic E-state index is 0.0508. The molecule has 0 aliphatic rings. The molecule has 2 rings (SSSR count). The normalized spacial score (nSPS) is 11.0. The lowest BCUT2D eigenvalue weighted by atomic mass is 10.3. The maximum Gasteiger partial charge on any atom is 0.327 e. The SMILES string of the molecule is O=c1cc(N=Nc2ccc(Cl)c(Cl)c2)[nH]c(=O)[nH]1. The van der Waals surface area contributed by atoms with Gasteiger partial charge in [-0.2, -0.15) is 0 Å². The van der Waals surface area contributed by atoms with Crippen LogP contribution in [0.4, 0.5) is 11.5 Å². The van der Waals surface area contributed by atoms with Crippen molar-refractivity contribution in [1.29, 1.82) is 0 Å². The number of benzene rings is 1. The second-order valence-corrected chi connectivity index (χ2v) is 4.09. The van der Waals surface area contributed by atoms with Gasteiger partial charge < -0.3 is 0 Å². The summed E-state index contributed by atoms with van der Waals surface area (Å²) in [5.74, 6) is 0.0508. The molecule has 0 radical (unpaired) electrons. The summed E-state index contributed by atoms with van der Waals surface area (Å²) in [6, 6.07) is 5.79. The van der Waals surface area contributed by atoms with E-state index in [1.54, 1.807) is 12.1 Å². The van der Waals surface area contributed by atoms with Crippen LogP contribution < -0.4 is 11.2 Å². The van der Waals surface area contributed by atoms with E-state index in [1.165, 1.54) is 6.07 Å². The fourth-order valence-corrected chi connectivity index (χ4v) is 1.46. The topological polar surface area (TPSA) is 90.4 Å². The van der Waals surface area contributed by atoms with Gasteiger partial charge in [0.05, 0.1) is 15.7 Å². The van der Waals surface area contributed by atoms with E-state index in [4.69, 9.17) is 23.2 Å². The number of hydrogen-bond acceptors (Lipinski definition) is 4. The van der Waals surface area contributed by atoms with E-state index in [-0.39, 0.29) is 5.82 Å². The largest absolute Gasteiger partial charge is 0.327 e. The van der Waals surface area contributed by atoms with E-state index in [0.717, 1.165) is 6.07 Å². The summed E-state index contributed by atoms with van der Waals surface area (Å²) in [5, 5.41) is 8.28. The molecule has 0 aliphatic heterocycles. The van der Waals surface area contributed by atoms with Gasteiger partial charge in [0.2, 0.25) is 0 Å². The van der Waals surface area contributed by atoms with Gasteiger partial charge in [0.1, 0.15) is 0 Å². The zero-order valence-electron chi connectivity index (χ0n) is 8.78. The Labute approximate surface area is 110 Å². The van der Waals surface area contributed by atoms with Crippen molar-refractivity contribution in [3.8, 4) is 0 Å². The van der Waals surface area contributed by atoms with Crippen LogP contribution in [0.25, 0.3) is 0 Å². The predicted octanol–water partition coefficient (Wildman–Crippen LogP) is 2.79. The lowest BCUT2D eigenvalue weighted by Crippen LogP contribution is -2.20. The van der Waals surface area contributed by atoms with Gasteiger partial charge in [-0.25, -0.2) is 4.79 Å². The van der Waals surface area contributed by atoms with Gasteiger partial charge in [-0.3, -0.25) is 14.8 Å². The number of aromatic nitrogens is 2. The van der Waals surface area contributed by atoms with Crippen LogP contribution in [0, 0.1) is 0 Å². The Morgan fingerprint density at radius 1 is 0.944 bits per heavy atom. The zero-order valence-corrected chi connectivity index (χ0v) is 10.3. The quantitative estimate of drug-likeness (QED) is 0.830. The summed E-state index contributed by atoms with van der Waals surface area (Å²) in [4.78, 5) is 26.3. The highest BCUT2D eigenvalue weighted by Gasteiger charge is 1.99. The van der Waals surface area contributed by atoms with Crippen LogP contribution in [-0.4, -0.2) is 9.97 Å². The van der Waals surface area contributed by atoms with Gasteiger partial charge in [-0.1, -0.05) is 23.2 Å². The highest BCUT2D eigenvalue weighted by atomic mass is 35.5. The highest BCUT2D eigenvalue weighted by Crippen LogP contribution is 2.27. The molecule has 0 aliphatic carbocycles. The molecule has 0 amide bonds. The van der Waals surface area contributed by atoms with E-state index in [2.05, 4.69) is 15.2 Å². The van der Waals surface area contributed by atoms with Gasteiger partial charge >= 0.3 is 5.69 Å². The molecule has 1 aromatic heterocycles. The van der Waals surface area contributed by atoms with Gasteiger partial charge in [0, 0.05) is 6.07 Å². The molecule has 0 spiro atoms. The van der Waals surface area contributed by atoms with Gasteiger partial charge in [-0.15, -0.1) is 10.2 Å². The van der Waals surface area contributed by atoms with Crippen LogP contribution in [-0.2, 0) is 0 Å². The molecule has 92 valence electrons. The average Bonchev–Trinajstić information content (AvgIpc) is 2.29. The highest BCUT2D eigenvalue weighted by molar-refractivity contribution is 6.42. The summed E-state index contributed by atoms with van der Waals surface area (Å²) in [6.07, 6.45) is 0. The molecule has 2 N–H and O–H groups in total. The summed E-state index contributed by atoms with van der Waals surface area (Å²) in [7, 11) is 0. The molecule has 0 bridgehead atoms. The van der Waals surface area contributed by atoms with Gasteiger partial charge in [0.25, 0.3) is 5.56 Å². The molecule has 2 aromatic rings. The van der Waals surface area contributed by atoms with Crippen molar-refractivity contribution in [3.63, 3.8) is 0 Å². The van der Waals surface area contributed by atoms with Crippen molar-refractivity contribution in [2.75, 3.05) is 0 Å². The molecule has 8 heteroatoms. The molecular formula is C10H6Cl2N4O2. The molecule has 6 nitrogen and oxygen atoms in total. The Balaban J connectivity index is 2.32. The zero-order chi connectivity index (χ0) is 13.1.